The summed E-state index contributed by atoms with van der Waals surface area (Å²) in [6.07, 6.45) is 0. The van der Waals surface area contributed by atoms with Crippen LogP contribution in [0.25, 0.3) is 0 Å². The monoisotopic (exact) mass is 296 g/mol. The second-order valence-corrected chi connectivity index (χ2v) is 1.96. The molecule has 0 unspecified atom stereocenters. The predicted octanol–water partition coefficient (Wildman–Crippen LogP) is 1.44. The van der Waals surface area contributed by atoms with Crippen LogP contribution in [0.3, 0.4) is 0 Å². The van der Waals surface area contributed by atoms with Gasteiger partial charge in [-0.25, -0.2) is 0 Å². The van der Waals surface area contributed by atoms with Gasteiger partial charge in [-0.05, 0) is 0 Å². The summed E-state index contributed by atoms with van der Waals surface area (Å²) < 4.78 is 0. The first-order chi connectivity index (χ1) is 2.91. The van der Waals surface area contributed by atoms with Crippen LogP contribution in [0.1, 0.15) is 0 Å². The zero-order valence-corrected chi connectivity index (χ0v) is 10.3. The van der Waals surface area contributed by atoms with Crippen molar-refractivity contribution in [2.24, 2.45) is 0 Å². The van der Waals surface area contributed by atoms with Gasteiger partial charge in [-0.15, -0.1) is 15.3 Å². The molecule has 0 aromatic carbocycles. The number of halogens is 3. The van der Waals surface area contributed by atoms with E-state index in [1.54, 1.807) is 0 Å². The average molecular weight is 299 g/mol. The fraction of sp³-hybridized carbons (Fsp3) is 1.00. The Morgan fingerprint density at radius 3 is 1.17 bits per heavy atom. The molecule has 0 heterocycles. The van der Waals surface area contributed by atoms with Gasteiger partial charge in [0, 0.05) is 10.7 Å². The maximum absolute atomic E-state index is 3.20. The van der Waals surface area contributed by atoms with E-state index in [2.05, 4.69) is 47.2 Å². The SMILES string of the molecule is BrCCBr.[SiH3]Br. The second kappa shape index (κ2) is 15.9. The third kappa shape index (κ3) is 17.4. The molecule has 0 bridgehead atoms. The smallest absolute Gasteiger partial charge is 0.0825 e. The molecule has 0 saturated heterocycles. The lowest BCUT2D eigenvalue weighted by Crippen LogP contribution is -1.61. The predicted molar refractivity (Wildman–Crippen MR) is 46.5 cm³/mol. The van der Waals surface area contributed by atoms with Gasteiger partial charge in [0.1, 0.15) is 0 Å². The average Bonchev–Trinajstić information content (AvgIpc) is 1.72. The zero-order chi connectivity index (χ0) is 5.41. The highest BCUT2D eigenvalue weighted by Gasteiger charge is 1.60. The molecule has 0 atom stereocenters. The van der Waals surface area contributed by atoms with Crippen molar-refractivity contribution < 1.29 is 0 Å². The van der Waals surface area contributed by atoms with Crippen LogP contribution in [0, 0.1) is 0 Å². The first-order valence-corrected chi connectivity index (χ1v) is 9.17. The largest absolute Gasteiger partial charge is 0.140 e. The van der Waals surface area contributed by atoms with Crippen molar-refractivity contribution in [3.05, 3.63) is 0 Å². The van der Waals surface area contributed by atoms with E-state index in [4.69, 9.17) is 0 Å². The Balaban J connectivity index is 0. The second-order valence-electron chi connectivity index (χ2n) is 0.378. The van der Waals surface area contributed by atoms with Gasteiger partial charge in [0.15, 0.2) is 0 Å². The van der Waals surface area contributed by atoms with Crippen LogP contribution in [-0.4, -0.2) is 19.5 Å². The lowest BCUT2D eigenvalue weighted by atomic mass is 11.0. The Labute approximate surface area is 66.3 Å². The lowest BCUT2D eigenvalue weighted by Gasteiger charge is -1.63. The summed E-state index contributed by atoms with van der Waals surface area (Å²) in [4.78, 5) is 0. The molecule has 4 heteroatoms. The van der Waals surface area contributed by atoms with Crippen molar-refractivity contribution in [1.29, 1.82) is 0 Å². The van der Waals surface area contributed by atoms with Crippen LogP contribution >= 0.6 is 47.2 Å². The van der Waals surface area contributed by atoms with Crippen molar-refractivity contribution in [1.82, 2.24) is 0 Å². The molecule has 0 aliphatic heterocycles. The molecule has 0 aromatic heterocycles. The highest BCUT2D eigenvalue weighted by Crippen LogP contribution is 1.82. The van der Waals surface area contributed by atoms with E-state index < -0.39 is 0 Å². The van der Waals surface area contributed by atoms with E-state index in [1.807, 2.05) is 0 Å². The summed E-state index contributed by atoms with van der Waals surface area (Å²) in [6, 6.07) is 0. The van der Waals surface area contributed by atoms with Crippen molar-refractivity contribution in [3.63, 3.8) is 0 Å². The van der Waals surface area contributed by atoms with Gasteiger partial charge in [-0.3, -0.25) is 0 Å². The minimum atomic E-state index is 1.05. The Bertz CT molecular complexity index is 10.8. The fourth-order valence-corrected chi connectivity index (χ4v) is 0. The van der Waals surface area contributed by atoms with Crippen LogP contribution in [0.2, 0.25) is 0 Å². The number of alkyl halides is 2. The summed E-state index contributed by atoms with van der Waals surface area (Å²) in [7, 11) is 1.12. The van der Waals surface area contributed by atoms with Crippen LogP contribution in [0.15, 0.2) is 0 Å². The third-order valence-corrected chi connectivity index (χ3v) is 1.93. The Morgan fingerprint density at radius 1 is 1.00 bits per heavy atom. The highest BCUT2D eigenvalue weighted by atomic mass is 79.9. The topological polar surface area (TPSA) is 0 Å². The molecular formula is C2H7Br3Si. The first kappa shape index (κ1) is 10.6. The van der Waals surface area contributed by atoms with Gasteiger partial charge in [0.2, 0.25) is 0 Å². The molecule has 0 radical (unpaired) electrons. The summed E-state index contributed by atoms with van der Waals surface area (Å²) in [5.41, 5.74) is 0. The molecule has 6 heavy (non-hydrogen) atoms. The molecule has 0 fully saturated rings. The van der Waals surface area contributed by atoms with Crippen LogP contribution in [-0.2, 0) is 0 Å². The maximum atomic E-state index is 3.20. The molecular weight excluding hydrogens is 292 g/mol. The van der Waals surface area contributed by atoms with Crippen LogP contribution < -0.4 is 0 Å². The van der Waals surface area contributed by atoms with E-state index >= 15 is 0 Å². The summed E-state index contributed by atoms with van der Waals surface area (Å²) in [5.74, 6) is 0. The van der Waals surface area contributed by atoms with Gasteiger partial charge in [-0.2, -0.15) is 0 Å². The number of rotatable bonds is 1. The standard InChI is InChI=1S/C2H4Br2.BrH3Si/c3-1-2-4;1-2/h1-2H2;2H3. The summed E-state index contributed by atoms with van der Waals surface area (Å²) in [5, 5.41) is 2.10. The number of hydrogen-bond acceptors (Lipinski definition) is 0. The molecule has 0 amide bonds. The van der Waals surface area contributed by atoms with E-state index in [-0.39, 0.29) is 0 Å². The lowest BCUT2D eigenvalue weighted by molar-refractivity contribution is 1.62. The van der Waals surface area contributed by atoms with Crippen LogP contribution in [0.4, 0.5) is 0 Å². The molecule has 40 valence electrons. The van der Waals surface area contributed by atoms with Gasteiger partial charge in [-0.1, -0.05) is 31.9 Å². The normalized spacial score (nSPS) is 6.50. The van der Waals surface area contributed by atoms with Crippen molar-refractivity contribution in [2.45, 2.75) is 0 Å². The minimum Gasteiger partial charge on any atom is -0.140 e. The van der Waals surface area contributed by atoms with E-state index in [0.717, 1.165) is 19.5 Å². The minimum absolute atomic E-state index is 1.05. The Morgan fingerprint density at radius 2 is 1.17 bits per heavy atom. The van der Waals surface area contributed by atoms with E-state index in [9.17, 15) is 0 Å². The maximum Gasteiger partial charge on any atom is 0.0825 e. The zero-order valence-electron chi connectivity index (χ0n) is 3.55. The molecule has 0 saturated carbocycles. The van der Waals surface area contributed by atoms with Crippen molar-refractivity contribution >= 4 is 56.0 Å². The molecule has 0 aliphatic carbocycles. The Kier molecular flexibility index (Phi) is 28.2. The van der Waals surface area contributed by atoms with Crippen molar-refractivity contribution in [2.75, 3.05) is 10.7 Å². The molecule has 0 aliphatic rings. The van der Waals surface area contributed by atoms with E-state index in [0.29, 0.717) is 0 Å². The van der Waals surface area contributed by atoms with E-state index in [1.165, 1.54) is 0 Å². The van der Waals surface area contributed by atoms with Crippen LogP contribution in [0.5, 0.6) is 0 Å². The summed E-state index contributed by atoms with van der Waals surface area (Å²) in [6.45, 7) is 0. The van der Waals surface area contributed by atoms with Gasteiger partial charge >= 0.3 is 0 Å². The number of hydrogen-bond donors (Lipinski definition) is 0. The first-order valence-electron chi connectivity index (χ1n) is 1.41. The molecule has 0 spiro atoms. The molecule has 0 rings (SSSR count). The van der Waals surface area contributed by atoms with Gasteiger partial charge in [0.25, 0.3) is 0 Å². The van der Waals surface area contributed by atoms with Gasteiger partial charge < -0.3 is 0 Å². The quantitative estimate of drug-likeness (QED) is 0.390. The molecule has 0 nitrogen and oxygen atoms in total. The molecule has 0 aromatic rings. The molecule has 0 N–H and O–H groups in total. The Hall–Kier alpha value is 1.66. The fourth-order valence-electron chi connectivity index (χ4n) is 0. The van der Waals surface area contributed by atoms with Gasteiger partial charge in [0.05, 0.1) is 8.86 Å². The van der Waals surface area contributed by atoms with Crippen molar-refractivity contribution in [3.8, 4) is 0 Å². The highest BCUT2D eigenvalue weighted by molar-refractivity contribution is 9.22. The summed E-state index contributed by atoms with van der Waals surface area (Å²) >= 11 is 9.48. The third-order valence-electron chi connectivity index (χ3n) is 0.0714.